The van der Waals surface area contributed by atoms with Crippen LogP contribution in [0.15, 0.2) is 24.3 Å². The first-order valence-electron chi connectivity index (χ1n) is 13.3. The number of benzene rings is 1. The third-order valence-electron chi connectivity index (χ3n) is 8.47. The summed E-state index contributed by atoms with van der Waals surface area (Å²) >= 11 is 0. The molecule has 1 aromatic carbocycles. The van der Waals surface area contributed by atoms with E-state index in [2.05, 4.69) is 41.1 Å². The van der Waals surface area contributed by atoms with E-state index in [1.54, 1.807) is 4.31 Å². The number of nitrogens with zero attached hydrogens (tertiary/aromatic N) is 5. The molecule has 10 heteroatoms. The maximum Gasteiger partial charge on any atom is 0.272 e. The van der Waals surface area contributed by atoms with Gasteiger partial charge in [-0.05, 0) is 59.1 Å². The fraction of sp³-hybridized carbons (Fsp3) is 0.692. The molecule has 198 valence electrons. The molecule has 0 radical (unpaired) electrons. The molecular weight excluding hydrogens is 476 g/mol. The number of hydrogen-bond acceptors (Lipinski definition) is 6. The number of nitrogens with one attached hydrogen (secondary N) is 1. The van der Waals surface area contributed by atoms with Gasteiger partial charge < -0.3 is 10.2 Å². The molecule has 2 bridgehead atoms. The van der Waals surface area contributed by atoms with E-state index in [4.69, 9.17) is 0 Å². The number of hydrogen-bond donors (Lipinski definition) is 1. The molecule has 0 saturated carbocycles. The van der Waals surface area contributed by atoms with E-state index >= 15 is 0 Å². The van der Waals surface area contributed by atoms with Crippen molar-refractivity contribution in [2.75, 3.05) is 39.5 Å². The van der Waals surface area contributed by atoms with Crippen LogP contribution < -0.4 is 5.32 Å². The standard InChI is InChI=1S/C26H40N6O3S/c1-18(2)32-24-8-6-5-7-23(24)25(28-32)26(33)27-19-15-20-9-10-21(16-19)31(20)14-13-29(3)22-11-12-30(17-22)36(4,34)35/h5-8,18-22H,9-17H2,1-4H3,(H,27,33)/t19-,20-,21+,22-/m1/s1. The lowest BCUT2D eigenvalue weighted by atomic mass is 9.97. The van der Waals surface area contributed by atoms with Crippen LogP contribution in [0.2, 0.25) is 0 Å². The SMILES string of the molecule is CC(C)n1nc(C(=O)N[C@@H]2C[C@H]3CC[C@@H](C2)N3CCN(C)[C@@H]2CCN(S(C)(=O)=O)C2)c2ccccc21. The molecule has 0 spiro atoms. The van der Waals surface area contributed by atoms with Crippen LogP contribution in [0.1, 0.15) is 62.5 Å². The van der Waals surface area contributed by atoms with Gasteiger partial charge >= 0.3 is 0 Å². The molecule has 1 amide bonds. The Morgan fingerprint density at radius 2 is 1.86 bits per heavy atom. The molecule has 2 aromatic rings. The minimum Gasteiger partial charge on any atom is -0.348 e. The van der Waals surface area contributed by atoms with Crippen molar-refractivity contribution in [2.24, 2.45) is 0 Å². The van der Waals surface area contributed by atoms with Crippen LogP contribution in [0, 0.1) is 0 Å². The van der Waals surface area contributed by atoms with Crippen molar-refractivity contribution >= 4 is 26.8 Å². The molecule has 4 atom stereocenters. The van der Waals surface area contributed by atoms with Gasteiger partial charge in [0.25, 0.3) is 5.91 Å². The number of carbonyl (C=O) groups is 1. The quantitative estimate of drug-likeness (QED) is 0.579. The lowest BCUT2D eigenvalue weighted by Gasteiger charge is -2.40. The predicted molar refractivity (Wildman–Crippen MR) is 142 cm³/mol. The number of para-hydroxylation sites is 1. The fourth-order valence-corrected chi connectivity index (χ4v) is 7.37. The second kappa shape index (κ2) is 10.0. The minimum atomic E-state index is -3.11. The van der Waals surface area contributed by atoms with Gasteiger partial charge in [-0.3, -0.25) is 14.4 Å². The zero-order chi connectivity index (χ0) is 25.6. The second-order valence-electron chi connectivity index (χ2n) is 11.2. The van der Waals surface area contributed by atoms with Gasteiger partial charge in [-0.2, -0.15) is 5.10 Å². The Bertz CT molecular complexity index is 1200. The van der Waals surface area contributed by atoms with Gasteiger partial charge in [0.15, 0.2) is 5.69 Å². The molecule has 5 rings (SSSR count). The summed E-state index contributed by atoms with van der Waals surface area (Å²) in [7, 11) is -0.991. The van der Waals surface area contributed by atoms with E-state index in [1.807, 2.05) is 28.9 Å². The van der Waals surface area contributed by atoms with Crippen molar-refractivity contribution < 1.29 is 13.2 Å². The lowest BCUT2D eigenvalue weighted by molar-refractivity contribution is 0.0801. The Balaban J connectivity index is 1.17. The van der Waals surface area contributed by atoms with Gasteiger partial charge in [-0.15, -0.1) is 0 Å². The van der Waals surface area contributed by atoms with E-state index in [0.717, 1.165) is 43.3 Å². The summed E-state index contributed by atoms with van der Waals surface area (Å²) in [5.41, 5.74) is 1.52. The van der Waals surface area contributed by atoms with Crippen LogP contribution in [0.3, 0.4) is 0 Å². The summed E-state index contributed by atoms with van der Waals surface area (Å²) in [6, 6.07) is 9.59. The topological polar surface area (TPSA) is 90.8 Å². The zero-order valence-electron chi connectivity index (χ0n) is 21.9. The van der Waals surface area contributed by atoms with E-state index in [0.29, 0.717) is 30.9 Å². The molecule has 3 saturated heterocycles. The molecule has 3 fully saturated rings. The molecule has 1 N–H and O–H groups in total. The highest BCUT2D eigenvalue weighted by molar-refractivity contribution is 7.88. The highest BCUT2D eigenvalue weighted by atomic mass is 32.2. The zero-order valence-corrected chi connectivity index (χ0v) is 22.7. The largest absolute Gasteiger partial charge is 0.348 e. The molecule has 3 aliphatic heterocycles. The number of likely N-dealkylation sites (N-methyl/N-ethyl adjacent to an activating group) is 1. The highest BCUT2D eigenvalue weighted by Crippen LogP contribution is 2.36. The average Bonchev–Trinajstić information content (AvgIpc) is 3.52. The summed E-state index contributed by atoms with van der Waals surface area (Å²) in [4.78, 5) is 18.2. The Morgan fingerprint density at radius 1 is 1.17 bits per heavy atom. The molecular formula is C26H40N6O3S. The molecule has 3 aliphatic rings. The van der Waals surface area contributed by atoms with E-state index < -0.39 is 10.0 Å². The van der Waals surface area contributed by atoms with Crippen molar-refractivity contribution in [1.82, 2.24) is 29.2 Å². The van der Waals surface area contributed by atoms with Crippen molar-refractivity contribution in [3.8, 4) is 0 Å². The van der Waals surface area contributed by atoms with Gasteiger partial charge in [0.05, 0.1) is 11.8 Å². The number of piperidine rings is 1. The van der Waals surface area contributed by atoms with E-state index in [-0.39, 0.29) is 24.0 Å². The molecule has 4 heterocycles. The Labute approximate surface area is 214 Å². The first kappa shape index (κ1) is 25.6. The smallest absolute Gasteiger partial charge is 0.272 e. The Morgan fingerprint density at radius 3 is 2.50 bits per heavy atom. The third-order valence-corrected chi connectivity index (χ3v) is 9.74. The van der Waals surface area contributed by atoms with Crippen molar-refractivity contribution in [2.45, 2.75) is 76.2 Å². The monoisotopic (exact) mass is 516 g/mol. The number of amides is 1. The van der Waals surface area contributed by atoms with E-state index in [9.17, 15) is 13.2 Å². The lowest BCUT2D eigenvalue weighted by Crippen LogP contribution is -2.52. The van der Waals surface area contributed by atoms with Crippen LogP contribution in [-0.2, 0) is 10.0 Å². The normalized spacial score (nSPS) is 27.5. The fourth-order valence-electron chi connectivity index (χ4n) is 6.49. The van der Waals surface area contributed by atoms with Crippen LogP contribution >= 0.6 is 0 Å². The number of rotatable bonds is 8. The molecule has 36 heavy (non-hydrogen) atoms. The van der Waals surface area contributed by atoms with Gasteiger partial charge in [0.2, 0.25) is 10.0 Å². The number of aromatic nitrogens is 2. The van der Waals surface area contributed by atoms with Crippen molar-refractivity contribution in [3.05, 3.63) is 30.0 Å². The van der Waals surface area contributed by atoms with Gasteiger partial charge in [0, 0.05) is 61.8 Å². The molecule has 1 aromatic heterocycles. The Kier molecular flexibility index (Phi) is 7.15. The maximum absolute atomic E-state index is 13.3. The van der Waals surface area contributed by atoms with Gasteiger partial charge in [0.1, 0.15) is 0 Å². The average molecular weight is 517 g/mol. The van der Waals surface area contributed by atoms with Crippen LogP contribution in [-0.4, -0.2) is 102 Å². The van der Waals surface area contributed by atoms with Gasteiger partial charge in [-0.1, -0.05) is 18.2 Å². The van der Waals surface area contributed by atoms with Gasteiger partial charge in [-0.25, -0.2) is 12.7 Å². The predicted octanol–water partition coefficient (Wildman–Crippen LogP) is 2.31. The van der Waals surface area contributed by atoms with Crippen LogP contribution in [0.5, 0.6) is 0 Å². The minimum absolute atomic E-state index is 0.0696. The molecule has 9 nitrogen and oxygen atoms in total. The van der Waals surface area contributed by atoms with Crippen molar-refractivity contribution in [1.29, 1.82) is 0 Å². The summed E-state index contributed by atoms with van der Waals surface area (Å²) < 4.78 is 27.3. The molecule has 0 aliphatic carbocycles. The summed E-state index contributed by atoms with van der Waals surface area (Å²) in [5.74, 6) is -0.0696. The summed E-state index contributed by atoms with van der Waals surface area (Å²) in [6.07, 6.45) is 6.49. The Hall–Kier alpha value is -2.01. The highest BCUT2D eigenvalue weighted by Gasteiger charge is 2.41. The van der Waals surface area contributed by atoms with Crippen molar-refractivity contribution in [3.63, 3.8) is 0 Å². The second-order valence-corrected chi connectivity index (χ2v) is 13.2. The van der Waals surface area contributed by atoms with Crippen LogP contribution in [0.4, 0.5) is 0 Å². The molecule has 0 unspecified atom stereocenters. The van der Waals surface area contributed by atoms with Crippen LogP contribution in [0.25, 0.3) is 10.9 Å². The van der Waals surface area contributed by atoms with E-state index in [1.165, 1.54) is 19.1 Å². The maximum atomic E-state index is 13.3. The number of sulfonamides is 1. The first-order valence-corrected chi connectivity index (χ1v) is 15.2. The number of fused-ring (bicyclic) bond motifs is 3. The first-order chi connectivity index (χ1) is 17.1. The summed E-state index contributed by atoms with van der Waals surface area (Å²) in [5, 5.41) is 8.90. The summed E-state index contributed by atoms with van der Waals surface area (Å²) in [6.45, 7) is 7.31. The third kappa shape index (κ3) is 5.05. The number of carbonyl (C=O) groups excluding carboxylic acids is 1.